The van der Waals surface area contributed by atoms with Crippen LogP contribution in [-0.4, -0.2) is 15.8 Å². The maximum absolute atomic E-state index is 11.4. The van der Waals surface area contributed by atoms with Gasteiger partial charge in [-0.05, 0) is 17.7 Å². The third-order valence-corrected chi connectivity index (χ3v) is 3.89. The van der Waals surface area contributed by atoms with E-state index in [4.69, 9.17) is 17.3 Å². The average molecular weight is 324 g/mol. The van der Waals surface area contributed by atoms with Crippen LogP contribution in [0.2, 0.25) is 5.02 Å². The van der Waals surface area contributed by atoms with E-state index in [0.29, 0.717) is 15.8 Å². The lowest BCUT2D eigenvalue weighted by molar-refractivity contribution is -0.385. The van der Waals surface area contributed by atoms with Crippen molar-refractivity contribution in [2.45, 2.75) is 10.8 Å². The van der Waals surface area contributed by atoms with Crippen LogP contribution in [0.15, 0.2) is 41.6 Å². The normalized spacial score (nSPS) is 10.3. The fourth-order valence-corrected chi connectivity index (χ4v) is 2.75. The number of nitro groups is 1. The minimum atomic E-state index is -0.750. The Balaban J connectivity index is 2.23. The molecule has 8 heteroatoms. The molecule has 108 valence electrons. The Bertz CT molecular complexity index is 709. The molecule has 0 saturated carbocycles. The van der Waals surface area contributed by atoms with E-state index in [-0.39, 0.29) is 11.3 Å². The number of thioether (sulfide) groups is 1. The van der Waals surface area contributed by atoms with Crippen LogP contribution in [0.4, 0.5) is 5.69 Å². The van der Waals surface area contributed by atoms with Crippen LogP contribution in [-0.2, 0) is 5.75 Å². The largest absolute Gasteiger partial charge is 0.366 e. The van der Waals surface area contributed by atoms with Crippen LogP contribution < -0.4 is 5.73 Å². The van der Waals surface area contributed by atoms with E-state index in [9.17, 15) is 14.9 Å². The van der Waals surface area contributed by atoms with E-state index in [2.05, 4.69) is 4.98 Å². The highest BCUT2D eigenvalue weighted by atomic mass is 35.5. The maximum Gasteiger partial charge on any atom is 0.288 e. The number of benzene rings is 1. The highest BCUT2D eigenvalue weighted by Gasteiger charge is 2.16. The first-order valence-corrected chi connectivity index (χ1v) is 7.15. The molecular formula is C13H10ClN3O3S. The SMILES string of the molecule is NC(=O)c1cc([N+](=O)[O-])cnc1SCc1cccc(Cl)c1. The molecule has 0 aliphatic carbocycles. The average Bonchev–Trinajstić information content (AvgIpc) is 2.44. The quantitative estimate of drug-likeness (QED) is 0.518. The third-order valence-electron chi connectivity index (χ3n) is 2.58. The zero-order chi connectivity index (χ0) is 15.4. The van der Waals surface area contributed by atoms with Crippen molar-refractivity contribution in [3.05, 3.63) is 62.8 Å². The Morgan fingerprint density at radius 2 is 2.19 bits per heavy atom. The summed E-state index contributed by atoms with van der Waals surface area (Å²) in [6, 6.07) is 8.39. The number of nitrogens with two attached hydrogens (primary N) is 1. The predicted molar refractivity (Wildman–Crippen MR) is 80.4 cm³/mol. The molecule has 0 atom stereocenters. The van der Waals surface area contributed by atoms with Gasteiger partial charge in [-0.1, -0.05) is 23.7 Å². The highest BCUT2D eigenvalue weighted by Crippen LogP contribution is 2.27. The van der Waals surface area contributed by atoms with Crippen molar-refractivity contribution in [1.82, 2.24) is 4.98 Å². The molecule has 0 spiro atoms. The van der Waals surface area contributed by atoms with Crippen molar-refractivity contribution in [3.63, 3.8) is 0 Å². The van der Waals surface area contributed by atoms with Gasteiger partial charge >= 0.3 is 0 Å². The highest BCUT2D eigenvalue weighted by molar-refractivity contribution is 7.98. The first-order chi connectivity index (χ1) is 9.97. The molecule has 2 aromatic rings. The molecule has 1 aromatic heterocycles. The van der Waals surface area contributed by atoms with Crippen molar-refractivity contribution in [1.29, 1.82) is 0 Å². The summed E-state index contributed by atoms with van der Waals surface area (Å²) in [7, 11) is 0. The van der Waals surface area contributed by atoms with Gasteiger partial charge in [-0.3, -0.25) is 14.9 Å². The van der Waals surface area contributed by atoms with Crippen LogP contribution in [0.5, 0.6) is 0 Å². The lowest BCUT2D eigenvalue weighted by Gasteiger charge is -2.05. The van der Waals surface area contributed by atoms with Gasteiger partial charge in [0.25, 0.3) is 11.6 Å². The molecular weight excluding hydrogens is 314 g/mol. The van der Waals surface area contributed by atoms with Gasteiger partial charge in [0.05, 0.1) is 10.5 Å². The van der Waals surface area contributed by atoms with E-state index in [1.54, 1.807) is 12.1 Å². The van der Waals surface area contributed by atoms with Crippen molar-refractivity contribution in [3.8, 4) is 0 Å². The molecule has 0 aliphatic heterocycles. The van der Waals surface area contributed by atoms with Crippen molar-refractivity contribution in [2.75, 3.05) is 0 Å². The number of primary amides is 1. The summed E-state index contributed by atoms with van der Waals surface area (Å²) < 4.78 is 0. The molecule has 0 fully saturated rings. The minimum absolute atomic E-state index is 0.0382. The molecule has 1 amide bonds. The molecule has 0 unspecified atom stereocenters. The zero-order valence-corrected chi connectivity index (χ0v) is 12.2. The van der Waals surface area contributed by atoms with Gasteiger partial charge in [0.1, 0.15) is 11.2 Å². The Hall–Kier alpha value is -2.12. The van der Waals surface area contributed by atoms with Gasteiger partial charge < -0.3 is 5.73 Å². The first kappa shape index (κ1) is 15.3. The first-order valence-electron chi connectivity index (χ1n) is 5.79. The van der Waals surface area contributed by atoms with Gasteiger partial charge in [0.15, 0.2) is 0 Å². The Labute approximate surface area is 129 Å². The molecule has 6 nitrogen and oxygen atoms in total. The Kier molecular flexibility index (Phi) is 4.77. The molecule has 2 rings (SSSR count). The zero-order valence-electron chi connectivity index (χ0n) is 10.7. The fraction of sp³-hybridized carbons (Fsp3) is 0.0769. The van der Waals surface area contributed by atoms with Gasteiger partial charge in [-0.25, -0.2) is 4.98 Å². The topological polar surface area (TPSA) is 99.1 Å². The van der Waals surface area contributed by atoms with Gasteiger partial charge in [-0.15, -0.1) is 11.8 Å². The number of halogens is 1. The Morgan fingerprint density at radius 1 is 1.43 bits per heavy atom. The second-order valence-electron chi connectivity index (χ2n) is 4.09. The standard InChI is InChI=1S/C13H10ClN3O3S/c14-9-3-1-2-8(4-9)7-21-13-11(12(15)18)5-10(6-16-13)17(19)20/h1-6H,7H2,(H2,15,18). The lowest BCUT2D eigenvalue weighted by atomic mass is 10.2. The minimum Gasteiger partial charge on any atom is -0.366 e. The van der Waals surface area contributed by atoms with E-state index in [1.165, 1.54) is 11.8 Å². The molecule has 2 N–H and O–H groups in total. The van der Waals surface area contributed by atoms with E-state index < -0.39 is 10.8 Å². The Morgan fingerprint density at radius 3 is 2.81 bits per heavy atom. The van der Waals surface area contributed by atoms with Crippen LogP contribution in [0.1, 0.15) is 15.9 Å². The summed E-state index contributed by atoms with van der Waals surface area (Å²) >= 11 is 7.15. The second-order valence-corrected chi connectivity index (χ2v) is 5.49. The maximum atomic E-state index is 11.4. The van der Waals surface area contributed by atoms with Gasteiger partial charge in [0.2, 0.25) is 0 Å². The molecule has 21 heavy (non-hydrogen) atoms. The third kappa shape index (κ3) is 3.93. The van der Waals surface area contributed by atoms with Crippen LogP contribution >= 0.6 is 23.4 Å². The molecule has 0 radical (unpaired) electrons. The number of amides is 1. The molecule has 0 aliphatic rings. The summed E-state index contributed by atoms with van der Waals surface area (Å²) in [6.07, 6.45) is 1.10. The van der Waals surface area contributed by atoms with Crippen LogP contribution in [0.25, 0.3) is 0 Å². The van der Waals surface area contributed by atoms with E-state index in [1.807, 2.05) is 12.1 Å². The predicted octanol–water partition coefficient (Wildman–Crippen LogP) is 3.03. The number of rotatable bonds is 5. The molecule has 1 heterocycles. The van der Waals surface area contributed by atoms with Crippen LogP contribution in [0, 0.1) is 10.1 Å². The summed E-state index contributed by atoms with van der Waals surface area (Å²) in [5.41, 5.74) is 5.96. The van der Waals surface area contributed by atoms with Crippen molar-refractivity contribution >= 4 is 35.0 Å². The number of hydrogen-bond acceptors (Lipinski definition) is 5. The smallest absolute Gasteiger partial charge is 0.288 e. The molecule has 1 aromatic carbocycles. The number of carbonyl (C=O) groups excluding carboxylic acids is 1. The molecule has 0 bridgehead atoms. The van der Waals surface area contributed by atoms with Crippen molar-refractivity contribution in [2.24, 2.45) is 5.73 Å². The number of pyridine rings is 1. The van der Waals surface area contributed by atoms with Gasteiger partial charge in [-0.2, -0.15) is 0 Å². The monoisotopic (exact) mass is 323 g/mol. The van der Waals surface area contributed by atoms with Crippen molar-refractivity contribution < 1.29 is 9.72 Å². The number of carbonyl (C=O) groups is 1. The summed E-state index contributed by atoms with van der Waals surface area (Å²) in [5, 5.41) is 11.7. The van der Waals surface area contributed by atoms with Crippen LogP contribution in [0.3, 0.4) is 0 Å². The summed E-state index contributed by atoms with van der Waals surface area (Å²) in [6.45, 7) is 0. The lowest BCUT2D eigenvalue weighted by Crippen LogP contribution is -2.13. The number of nitrogens with zero attached hydrogens (tertiary/aromatic N) is 2. The van der Waals surface area contributed by atoms with E-state index in [0.717, 1.165) is 17.8 Å². The van der Waals surface area contributed by atoms with Gasteiger partial charge in [0, 0.05) is 16.8 Å². The fourth-order valence-electron chi connectivity index (χ4n) is 1.61. The number of hydrogen-bond donors (Lipinski definition) is 1. The molecule has 0 saturated heterocycles. The van der Waals surface area contributed by atoms with E-state index >= 15 is 0 Å². The summed E-state index contributed by atoms with van der Waals surface area (Å²) in [5.74, 6) is -0.231. The summed E-state index contributed by atoms with van der Waals surface area (Å²) in [4.78, 5) is 25.4. The number of aromatic nitrogens is 1. The second kappa shape index (κ2) is 6.55.